The Morgan fingerprint density at radius 2 is 2.23 bits per heavy atom. The first kappa shape index (κ1) is 8.82. The second kappa shape index (κ2) is 3.18. The zero-order valence-corrected chi connectivity index (χ0v) is 8.65. The van der Waals surface area contributed by atoms with E-state index in [9.17, 15) is 4.79 Å². The summed E-state index contributed by atoms with van der Waals surface area (Å²) in [6.07, 6.45) is 0.906. The molecule has 0 N–H and O–H groups in total. The Balaban J connectivity index is 2.42. The van der Waals surface area contributed by atoms with Gasteiger partial charge < -0.3 is 0 Å². The zero-order valence-electron chi connectivity index (χ0n) is 7.83. The van der Waals surface area contributed by atoms with Gasteiger partial charge in [-0.15, -0.1) is 0 Å². The first-order valence-electron chi connectivity index (χ1n) is 4.48. The first-order valence-corrected chi connectivity index (χ1v) is 5.29. The lowest BCUT2D eigenvalue weighted by Crippen LogP contribution is -2.15. The van der Waals surface area contributed by atoms with Crippen molar-refractivity contribution in [1.82, 2.24) is 0 Å². The average molecular weight is 192 g/mol. The molecule has 0 amide bonds. The molecule has 1 nitrogen and oxygen atoms in total. The summed E-state index contributed by atoms with van der Waals surface area (Å²) in [5.74, 6) is 0.180. The number of rotatable bonds is 0. The summed E-state index contributed by atoms with van der Waals surface area (Å²) in [4.78, 5) is 12.6. The van der Waals surface area contributed by atoms with Crippen LogP contribution in [0.25, 0.3) is 0 Å². The molecule has 2 heteroatoms. The van der Waals surface area contributed by atoms with Crippen molar-refractivity contribution in [3.63, 3.8) is 0 Å². The van der Waals surface area contributed by atoms with E-state index < -0.39 is 0 Å². The lowest BCUT2D eigenvalue weighted by Gasteiger charge is -2.19. The number of carbonyl (C=O) groups is 1. The van der Waals surface area contributed by atoms with E-state index in [0.717, 1.165) is 11.3 Å². The number of thioether (sulfide) groups is 1. The van der Waals surface area contributed by atoms with Crippen LogP contribution in [0.3, 0.4) is 0 Å². The summed E-state index contributed by atoms with van der Waals surface area (Å²) >= 11 is 1.39. The third kappa shape index (κ3) is 1.63. The van der Waals surface area contributed by atoms with Crippen molar-refractivity contribution < 1.29 is 4.79 Å². The minimum atomic E-state index is 0.180. The van der Waals surface area contributed by atoms with E-state index in [0.29, 0.717) is 5.12 Å². The molecule has 1 unspecified atom stereocenters. The molecule has 1 heterocycles. The largest absolute Gasteiger partial charge is 0.287 e. The van der Waals surface area contributed by atoms with Crippen molar-refractivity contribution in [2.75, 3.05) is 0 Å². The summed E-state index contributed by atoms with van der Waals surface area (Å²) in [5.41, 5.74) is 2.61. The number of carbonyl (C=O) groups excluding carboxylic acids is 1. The van der Waals surface area contributed by atoms with Crippen LogP contribution in [0, 0.1) is 12.8 Å². The smallest absolute Gasteiger partial charge is 0.196 e. The molecule has 1 aliphatic rings. The molecule has 0 aromatic heterocycles. The van der Waals surface area contributed by atoms with Gasteiger partial charge in [0.05, 0.1) is 0 Å². The molecular weight excluding hydrogens is 180 g/mol. The van der Waals surface area contributed by atoms with E-state index in [4.69, 9.17) is 0 Å². The summed E-state index contributed by atoms with van der Waals surface area (Å²) in [6, 6.07) is 6.31. The molecule has 0 radical (unpaired) electrons. The molecule has 0 saturated carbocycles. The van der Waals surface area contributed by atoms with E-state index in [2.05, 4.69) is 25.1 Å². The van der Waals surface area contributed by atoms with Gasteiger partial charge in [0.2, 0.25) is 0 Å². The van der Waals surface area contributed by atoms with Crippen LogP contribution in [0.15, 0.2) is 23.1 Å². The van der Waals surface area contributed by atoms with Gasteiger partial charge in [-0.3, -0.25) is 4.79 Å². The lowest BCUT2D eigenvalue weighted by atomic mass is 10.0. The monoisotopic (exact) mass is 192 g/mol. The highest BCUT2D eigenvalue weighted by atomic mass is 32.2. The Hall–Kier alpha value is -0.760. The van der Waals surface area contributed by atoms with Gasteiger partial charge in [0, 0.05) is 10.8 Å². The molecule has 1 aromatic rings. The molecule has 0 spiro atoms. The van der Waals surface area contributed by atoms with Crippen LogP contribution in [0.4, 0.5) is 0 Å². The normalized spacial score (nSPS) is 21.4. The van der Waals surface area contributed by atoms with E-state index in [1.165, 1.54) is 22.9 Å². The van der Waals surface area contributed by atoms with Crippen molar-refractivity contribution in [2.45, 2.75) is 25.2 Å². The third-order valence-corrected chi connectivity index (χ3v) is 3.58. The Labute approximate surface area is 82.5 Å². The third-order valence-electron chi connectivity index (χ3n) is 2.36. The Morgan fingerprint density at radius 3 is 3.00 bits per heavy atom. The second-order valence-electron chi connectivity index (χ2n) is 3.64. The van der Waals surface area contributed by atoms with Crippen LogP contribution in [0.5, 0.6) is 0 Å². The predicted molar refractivity (Wildman–Crippen MR) is 54.9 cm³/mol. The topological polar surface area (TPSA) is 17.1 Å². The minimum Gasteiger partial charge on any atom is -0.287 e. The van der Waals surface area contributed by atoms with Crippen molar-refractivity contribution in [1.29, 1.82) is 0 Å². The van der Waals surface area contributed by atoms with Gasteiger partial charge in [-0.25, -0.2) is 0 Å². The number of fused-ring (bicyclic) bond motifs is 1. The van der Waals surface area contributed by atoms with Crippen molar-refractivity contribution in [3.8, 4) is 0 Å². The first-order chi connectivity index (χ1) is 6.16. The van der Waals surface area contributed by atoms with Crippen molar-refractivity contribution in [2.24, 2.45) is 5.92 Å². The van der Waals surface area contributed by atoms with E-state index in [-0.39, 0.29) is 5.92 Å². The maximum atomic E-state index is 11.4. The molecule has 68 valence electrons. The Bertz CT molecular complexity index is 357. The molecule has 2 rings (SSSR count). The maximum absolute atomic E-state index is 11.4. The van der Waals surface area contributed by atoms with E-state index >= 15 is 0 Å². The van der Waals surface area contributed by atoms with Gasteiger partial charge >= 0.3 is 0 Å². The number of hydrogen-bond donors (Lipinski definition) is 0. The molecule has 1 atom stereocenters. The van der Waals surface area contributed by atoms with E-state index in [1.807, 2.05) is 6.92 Å². The fraction of sp³-hybridized carbons (Fsp3) is 0.364. The molecule has 1 aromatic carbocycles. The predicted octanol–water partition coefficient (Wildman–Crippen LogP) is 2.81. The van der Waals surface area contributed by atoms with Crippen LogP contribution in [-0.2, 0) is 11.2 Å². The SMILES string of the molecule is Cc1ccc2c(c1)CC(C)C(=O)S2. The molecule has 0 aliphatic carbocycles. The minimum absolute atomic E-state index is 0.180. The maximum Gasteiger partial charge on any atom is 0.196 e. The Kier molecular flexibility index (Phi) is 2.16. The lowest BCUT2D eigenvalue weighted by molar-refractivity contribution is -0.114. The number of hydrogen-bond acceptors (Lipinski definition) is 2. The summed E-state index contributed by atoms with van der Waals surface area (Å²) in [6.45, 7) is 4.09. The molecule has 0 bridgehead atoms. The summed E-state index contributed by atoms with van der Waals surface area (Å²) < 4.78 is 0. The molecule has 0 saturated heterocycles. The van der Waals surface area contributed by atoms with Gasteiger partial charge in [-0.1, -0.05) is 36.4 Å². The fourth-order valence-corrected chi connectivity index (χ4v) is 2.50. The molecule has 1 aliphatic heterocycles. The number of benzene rings is 1. The quantitative estimate of drug-likeness (QED) is 0.628. The summed E-state index contributed by atoms with van der Waals surface area (Å²) in [7, 11) is 0. The van der Waals surface area contributed by atoms with Gasteiger partial charge in [-0.2, -0.15) is 0 Å². The highest BCUT2D eigenvalue weighted by Gasteiger charge is 2.23. The fourth-order valence-electron chi connectivity index (χ4n) is 1.59. The van der Waals surface area contributed by atoms with Gasteiger partial charge in [0.1, 0.15) is 0 Å². The van der Waals surface area contributed by atoms with Crippen LogP contribution < -0.4 is 0 Å². The van der Waals surface area contributed by atoms with E-state index in [1.54, 1.807) is 0 Å². The standard InChI is InChI=1S/C11H12OS/c1-7-3-4-10-9(5-7)6-8(2)11(12)13-10/h3-5,8H,6H2,1-2H3. The average Bonchev–Trinajstić information content (AvgIpc) is 2.08. The molecule has 0 fully saturated rings. The van der Waals surface area contributed by atoms with Crippen LogP contribution in [0.1, 0.15) is 18.1 Å². The van der Waals surface area contributed by atoms with Crippen molar-refractivity contribution in [3.05, 3.63) is 29.3 Å². The van der Waals surface area contributed by atoms with Gasteiger partial charge in [-0.05, 0) is 25.0 Å². The van der Waals surface area contributed by atoms with Crippen molar-refractivity contribution >= 4 is 16.9 Å². The molecule has 13 heavy (non-hydrogen) atoms. The highest BCUT2D eigenvalue weighted by Crippen LogP contribution is 2.34. The second-order valence-corrected chi connectivity index (χ2v) is 4.68. The zero-order chi connectivity index (χ0) is 9.42. The van der Waals surface area contributed by atoms with Gasteiger partial charge in [0.25, 0.3) is 0 Å². The highest BCUT2D eigenvalue weighted by molar-refractivity contribution is 8.13. The summed E-state index contributed by atoms with van der Waals surface area (Å²) in [5, 5.41) is 0.302. The van der Waals surface area contributed by atoms with Gasteiger partial charge in [0.15, 0.2) is 5.12 Å². The van der Waals surface area contributed by atoms with Crippen LogP contribution >= 0.6 is 11.8 Å². The molecular formula is C11H12OS. The van der Waals surface area contributed by atoms with Crippen LogP contribution in [-0.4, -0.2) is 5.12 Å². The van der Waals surface area contributed by atoms with Crippen LogP contribution in [0.2, 0.25) is 0 Å². The Morgan fingerprint density at radius 1 is 1.46 bits per heavy atom. The number of aryl methyl sites for hydroxylation is 1.